The smallest absolute Gasteiger partial charge is 0.267 e. The molecule has 0 aliphatic heterocycles. The molecule has 5 nitrogen and oxygen atoms in total. The number of H-pyrrole nitrogens is 1. The van der Waals surface area contributed by atoms with Gasteiger partial charge in [0.2, 0.25) is 0 Å². The van der Waals surface area contributed by atoms with E-state index in [1.165, 1.54) is 16.7 Å². The number of nitrogens with one attached hydrogen (secondary N) is 2. The Labute approximate surface area is 158 Å². The molecule has 0 saturated carbocycles. The molecule has 0 fully saturated rings. The average molecular weight is 358 g/mol. The van der Waals surface area contributed by atoms with Gasteiger partial charge < -0.3 is 10.3 Å². The molecule has 4 rings (SSSR count). The van der Waals surface area contributed by atoms with Crippen LogP contribution in [0.5, 0.6) is 0 Å². The van der Waals surface area contributed by atoms with Crippen LogP contribution in [0, 0.1) is 13.8 Å². The predicted octanol–water partition coefficient (Wildman–Crippen LogP) is 3.94. The molecule has 2 aromatic carbocycles. The summed E-state index contributed by atoms with van der Waals surface area (Å²) in [6.07, 6.45) is 4.46. The van der Waals surface area contributed by atoms with Crippen molar-refractivity contribution in [1.82, 2.24) is 20.1 Å². The lowest BCUT2D eigenvalue weighted by Crippen LogP contribution is -2.25. The van der Waals surface area contributed by atoms with Crippen molar-refractivity contribution >= 4 is 16.8 Å². The molecule has 136 valence electrons. The minimum Gasteiger partial charge on any atom is -0.351 e. The fraction of sp³-hybridized carbons (Fsp3) is 0.182. The molecule has 2 heterocycles. The van der Waals surface area contributed by atoms with Crippen LogP contribution < -0.4 is 5.32 Å². The second-order valence-electron chi connectivity index (χ2n) is 6.85. The van der Waals surface area contributed by atoms with Gasteiger partial charge in [0.05, 0.1) is 5.69 Å². The van der Waals surface area contributed by atoms with E-state index in [9.17, 15) is 4.79 Å². The van der Waals surface area contributed by atoms with Crippen molar-refractivity contribution < 1.29 is 4.79 Å². The minimum absolute atomic E-state index is 0.0728. The van der Waals surface area contributed by atoms with Crippen LogP contribution in [-0.2, 0) is 6.42 Å². The van der Waals surface area contributed by atoms with Gasteiger partial charge in [0.1, 0.15) is 5.69 Å². The molecule has 1 amide bonds. The first-order valence-electron chi connectivity index (χ1n) is 9.07. The zero-order valence-corrected chi connectivity index (χ0v) is 15.5. The van der Waals surface area contributed by atoms with Gasteiger partial charge in [-0.3, -0.25) is 4.79 Å². The van der Waals surface area contributed by atoms with Gasteiger partial charge in [-0.2, -0.15) is 5.10 Å². The van der Waals surface area contributed by atoms with Crippen LogP contribution in [0.3, 0.4) is 0 Å². The van der Waals surface area contributed by atoms with E-state index in [-0.39, 0.29) is 5.91 Å². The van der Waals surface area contributed by atoms with Crippen molar-refractivity contribution in [3.8, 4) is 5.69 Å². The summed E-state index contributed by atoms with van der Waals surface area (Å²) in [6.45, 7) is 4.72. The van der Waals surface area contributed by atoms with E-state index in [1.807, 2.05) is 35.1 Å². The van der Waals surface area contributed by atoms with Gasteiger partial charge in [-0.05, 0) is 67.3 Å². The molecule has 0 spiro atoms. The summed E-state index contributed by atoms with van der Waals surface area (Å²) in [5, 5.41) is 8.31. The summed E-state index contributed by atoms with van der Waals surface area (Å²) in [5.41, 5.74) is 6.18. The van der Waals surface area contributed by atoms with Crippen molar-refractivity contribution in [3.63, 3.8) is 0 Å². The third-order valence-corrected chi connectivity index (χ3v) is 4.74. The topological polar surface area (TPSA) is 62.7 Å². The number of nitrogens with zero attached hydrogens (tertiary/aromatic N) is 2. The molecular formula is C22H22N4O. The highest BCUT2D eigenvalue weighted by molar-refractivity contribution is 5.99. The number of aryl methyl sites for hydroxylation is 2. The molecule has 2 aromatic heterocycles. The van der Waals surface area contributed by atoms with E-state index in [2.05, 4.69) is 53.5 Å². The van der Waals surface area contributed by atoms with Crippen LogP contribution in [0.15, 0.2) is 60.9 Å². The number of aromatic amines is 1. The van der Waals surface area contributed by atoms with E-state index in [1.54, 1.807) is 6.20 Å². The number of fused-ring (bicyclic) bond motifs is 1. The standard InChI is InChI=1S/C22H22N4O/c1-15-12-16(2)19-14-21(25-20(19)13-15)22(27)23-10-8-17-4-6-18(7-5-17)26-11-3-9-24-26/h3-7,9,11-14,25H,8,10H2,1-2H3,(H,23,27). The van der Waals surface area contributed by atoms with Crippen LogP contribution in [0.2, 0.25) is 0 Å². The summed E-state index contributed by atoms with van der Waals surface area (Å²) in [7, 11) is 0. The Kier molecular flexibility index (Phi) is 4.50. The molecule has 0 aliphatic carbocycles. The molecule has 27 heavy (non-hydrogen) atoms. The number of carbonyl (C=O) groups excluding carboxylic acids is 1. The molecule has 0 radical (unpaired) electrons. The number of amides is 1. The fourth-order valence-corrected chi connectivity index (χ4v) is 3.37. The first-order valence-corrected chi connectivity index (χ1v) is 9.07. The summed E-state index contributed by atoms with van der Waals surface area (Å²) >= 11 is 0. The van der Waals surface area contributed by atoms with E-state index in [0.29, 0.717) is 12.2 Å². The van der Waals surface area contributed by atoms with E-state index < -0.39 is 0 Å². The maximum absolute atomic E-state index is 12.5. The molecule has 0 unspecified atom stereocenters. The largest absolute Gasteiger partial charge is 0.351 e. The minimum atomic E-state index is -0.0728. The van der Waals surface area contributed by atoms with Crippen LogP contribution >= 0.6 is 0 Å². The number of hydrogen-bond acceptors (Lipinski definition) is 2. The van der Waals surface area contributed by atoms with Crippen LogP contribution in [0.1, 0.15) is 27.2 Å². The maximum atomic E-state index is 12.5. The lowest BCUT2D eigenvalue weighted by atomic mass is 10.1. The third-order valence-electron chi connectivity index (χ3n) is 4.74. The quantitative estimate of drug-likeness (QED) is 0.567. The highest BCUT2D eigenvalue weighted by atomic mass is 16.1. The Hall–Kier alpha value is -3.34. The number of benzene rings is 2. The first kappa shape index (κ1) is 17.1. The molecular weight excluding hydrogens is 336 g/mol. The van der Waals surface area contributed by atoms with Crippen molar-refractivity contribution in [2.24, 2.45) is 0 Å². The van der Waals surface area contributed by atoms with Gasteiger partial charge in [-0.25, -0.2) is 4.68 Å². The molecule has 0 aliphatic rings. The van der Waals surface area contributed by atoms with Crippen molar-refractivity contribution in [1.29, 1.82) is 0 Å². The van der Waals surface area contributed by atoms with Gasteiger partial charge in [0.25, 0.3) is 5.91 Å². The normalized spacial score (nSPS) is 11.0. The number of hydrogen-bond donors (Lipinski definition) is 2. The molecule has 0 atom stereocenters. The molecule has 0 bridgehead atoms. The Bertz CT molecular complexity index is 1080. The van der Waals surface area contributed by atoms with Crippen LogP contribution in [0.25, 0.3) is 16.6 Å². The number of rotatable bonds is 5. The Balaban J connectivity index is 1.37. The summed E-state index contributed by atoms with van der Waals surface area (Å²) in [4.78, 5) is 15.7. The summed E-state index contributed by atoms with van der Waals surface area (Å²) in [6, 6.07) is 16.2. The number of aromatic nitrogens is 3. The van der Waals surface area contributed by atoms with E-state index >= 15 is 0 Å². The van der Waals surface area contributed by atoms with Gasteiger partial charge in [-0.1, -0.05) is 18.2 Å². The summed E-state index contributed by atoms with van der Waals surface area (Å²) in [5.74, 6) is -0.0728. The third kappa shape index (κ3) is 3.62. The second-order valence-corrected chi connectivity index (χ2v) is 6.85. The van der Waals surface area contributed by atoms with Crippen molar-refractivity contribution in [2.45, 2.75) is 20.3 Å². The van der Waals surface area contributed by atoms with E-state index in [4.69, 9.17) is 0 Å². The van der Waals surface area contributed by atoms with Gasteiger partial charge in [-0.15, -0.1) is 0 Å². The highest BCUT2D eigenvalue weighted by Gasteiger charge is 2.10. The number of carbonyl (C=O) groups is 1. The fourth-order valence-electron chi connectivity index (χ4n) is 3.37. The monoisotopic (exact) mass is 358 g/mol. The van der Waals surface area contributed by atoms with Crippen molar-refractivity contribution in [2.75, 3.05) is 6.54 Å². The van der Waals surface area contributed by atoms with Crippen LogP contribution in [0.4, 0.5) is 0 Å². The lowest BCUT2D eigenvalue weighted by molar-refractivity contribution is 0.0950. The Morgan fingerprint density at radius 2 is 1.96 bits per heavy atom. The molecule has 0 saturated heterocycles. The second kappa shape index (κ2) is 7.11. The van der Waals surface area contributed by atoms with Crippen LogP contribution in [-0.4, -0.2) is 27.2 Å². The van der Waals surface area contributed by atoms with Crippen molar-refractivity contribution in [3.05, 3.63) is 83.3 Å². The SMILES string of the molecule is Cc1cc(C)c2cc(C(=O)NCCc3ccc(-n4cccn4)cc3)[nH]c2c1. The summed E-state index contributed by atoms with van der Waals surface area (Å²) < 4.78 is 1.82. The average Bonchev–Trinajstić information content (AvgIpc) is 3.32. The van der Waals surface area contributed by atoms with Gasteiger partial charge in [0, 0.05) is 29.8 Å². The molecule has 5 heteroatoms. The highest BCUT2D eigenvalue weighted by Crippen LogP contribution is 2.21. The molecule has 4 aromatic rings. The Morgan fingerprint density at radius 1 is 1.15 bits per heavy atom. The van der Waals surface area contributed by atoms with Gasteiger partial charge in [0.15, 0.2) is 0 Å². The first-order chi connectivity index (χ1) is 13.1. The molecule has 2 N–H and O–H groups in total. The Morgan fingerprint density at radius 3 is 2.70 bits per heavy atom. The maximum Gasteiger partial charge on any atom is 0.267 e. The predicted molar refractivity (Wildman–Crippen MR) is 107 cm³/mol. The van der Waals surface area contributed by atoms with Gasteiger partial charge >= 0.3 is 0 Å². The zero-order chi connectivity index (χ0) is 18.8. The zero-order valence-electron chi connectivity index (χ0n) is 15.5. The lowest BCUT2D eigenvalue weighted by Gasteiger charge is -2.06. The van der Waals surface area contributed by atoms with E-state index in [0.717, 1.165) is 23.0 Å².